The summed E-state index contributed by atoms with van der Waals surface area (Å²) in [6, 6.07) is 10.9. The molecule has 0 radical (unpaired) electrons. The van der Waals surface area contributed by atoms with Gasteiger partial charge in [-0.25, -0.2) is 4.79 Å². The van der Waals surface area contributed by atoms with Crippen LogP contribution in [0.1, 0.15) is 32.6 Å². The minimum atomic E-state index is 0.0811. The zero-order valence-electron chi connectivity index (χ0n) is 14.6. The number of urea groups is 1. The molecule has 2 fully saturated rings. The van der Waals surface area contributed by atoms with Gasteiger partial charge in [-0.1, -0.05) is 18.2 Å². The van der Waals surface area contributed by atoms with E-state index in [2.05, 4.69) is 34.5 Å². The van der Waals surface area contributed by atoms with Crippen LogP contribution in [0.3, 0.4) is 0 Å². The van der Waals surface area contributed by atoms with E-state index in [9.17, 15) is 4.79 Å². The third kappa shape index (κ3) is 4.41. The van der Waals surface area contributed by atoms with Crippen molar-refractivity contribution in [1.29, 1.82) is 0 Å². The van der Waals surface area contributed by atoms with Gasteiger partial charge in [0, 0.05) is 44.5 Å². The number of nitrogens with zero attached hydrogens (tertiary/aromatic N) is 2. The number of rotatable bonds is 4. The molecular formula is C19H29N3O2. The van der Waals surface area contributed by atoms with Gasteiger partial charge in [-0.2, -0.15) is 0 Å². The number of hydrogen-bond acceptors (Lipinski definition) is 3. The first-order chi connectivity index (χ1) is 11.8. The molecule has 0 aliphatic carbocycles. The second-order valence-corrected chi connectivity index (χ2v) is 6.71. The van der Waals surface area contributed by atoms with Crippen molar-refractivity contribution in [2.45, 2.75) is 44.8 Å². The number of amides is 2. The highest BCUT2D eigenvalue weighted by Gasteiger charge is 2.27. The molecule has 5 heteroatoms. The highest BCUT2D eigenvalue weighted by atomic mass is 16.5. The average Bonchev–Trinajstić information content (AvgIpc) is 2.64. The van der Waals surface area contributed by atoms with Crippen LogP contribution < -0.4 is 10.2 Å². The molecule has 0 bridgehead atoms. The number of para-hydroxylation sites is 1. The van der Waals surface area contributed by atoms with Crippen LogP contribution in [-0.2, 0) is 4.74 Å². The molecule has 0 aromatic heterocycles. The Kier molecular flexibility index (Phi) is 5.96. The Morgan fingerprint density at radius 2 is 1.92 bits per heavy atom. The third-order valence-corrected chi connectivity index (χ3v) is 5.01. The van der Waals surface area contributed by atoms with E-state index in [4.69, 9.17) is 4.74 Å². The number of ether oxygens (including phenoxy) is 1. The lowest BCUT2D eigenvalue weighted by molar-refractivity contribution is 0.0160. The third-order valence-electron chi connectivity index (χ3n) is 5.01. The molecule has 2 saturated heterocycles. The summed E-state index contributed by atoms with van der Waals surface area (Å²) in [4.78, 5) is 16.8. The number of carbonyl (C=O) groups excluding carboxylic acids is 1. The van der Waals surface area contributed by atoms with Crippen LogP contribution in [-0.4, -0.2) is 55.9 Å². The average molecular weight is 331 g/mol. The lowest BCUT2D eigenvalue weighted by Crippen LogP contribution is -2.52. The van der Waals surface area contributed by atoms with Crippen molar-refractivity contribution >= 4 is 11.7 Å². The molecule has 1 unspecified atom stereocenters. The largest absolute Gasteiger partial charge is 0.377 e. The van der Waals surface area contributed by atoms with Crippen molar-refractivity contribution in [3.63, 3.8) is 0 Å². The maximum Gasteiger partial charge on any atom is 0.317 e. The first-order valence-corrected chi connectivity index (χ1v) is 9.23. The summed E-state index contributed by atoms with van der Waals surface area (Å²) in [5, 5.41) is 3.23. The van der Waals surface area contributed by atoms with Gasteiger partial charge in [0.15, 0.2) is 0 Å². The molecule has 1 N–H and O–H groups in total. The summed E-state index contributed by atoms with van der Waals surface area (Å²) in [6.07, 6.45) is 4.30. The summed E-state index contributed by atoms with van der Waals surface area (Å²) >= 11 is 0. The van der Waals surface area contributed by atoms with Gasteiger partial charge in [-0.05, 0) is 44.7 Å². The van der Waals surface area contributed by atoms with Crippen LogP contribution in [0.15, 0.2) is 30.3 Å². The Morgan fingerprint density at radius 1 is 1.17 bits per heavy atom. The number of nitrogens with one attached hydrogen (secondary N) is 1. The van der Waals surface area contributed by atoms with Crippen LogP contribution in [0.5, 0.6) is 0 Å². The van der Waals surface area contributed by atoms with E-state index in [0.717, 1.165) is 58.5 Å². The fourth-order valence-electron chi connectivity index (χ4n) is 3.68. The van der Waals surface area contributed by atoms with Gasteiger partial charge in [0.1, 0.15) is 0 Å². The van der Waals surface area contributed by atoms with Crippen molar-refractivity contribution in [3.05, 3.63) is 30.3 Å². The van der Waals surface area contributed by atoms with Crippen molar-refractivity contribution < 1.29 is 9.53 Å². The number of benzene rings is 1. The van der Waals surface area contributed by atoms with Crippen LogP contribution in [0.25, 0.3) is 0 Å². The minimum Gasteiger partial charge on any atom is -0.377 e. The van der Waals surface area contributed by atoms with Crippen LogP contribution in [0.2, 0.25) is 0 Å². The van der Waals surface area contributed by atoms with Crippen LogP contribution in [0, 0.1) is 0 Å². The summed E-state index contributed by atoms with van der Waals surface area (Å²) in [6.45, 7) is 6.30. The highest BCUT2D eigenvalue weighted by molar-refractivity contribution is 5.74. The molecule has 2 heterocycles. The van der Waals surface area contributed by atoms with E-state index < -0.39 is 0 Å². The number of anilines is 1. The van der Waals surface area contributed by atoms with Crippen LogP contribution >= 0.6 is 0 Å². The molecule has 1 aromatic rings. The zero-order valence-corrected chi connectivity index (χ0v) is 14.6. The smallest absolute Gasteiger partial charge is 0.317 e. The summed E-state index contributed by atoms with van der Waals surface area (Å²) in [7, 11) is 0. The molecule has 1 atom stereocenters. The van der Waals surface area contributed by atoms with E-state index in [-0.39, 0.29) is 18.2 Å². The lowest BCUT2D eigenvalue weighted by atomic mass is 10.0. The predicted molar refractivity (Wildman–Crippen MR) is 96.4 cm³/mol. The Morgan fingerprint density at radius 3 is 2.62 bits per heavy atom. The second kappa shape index (κ2) is 8.38. The van der Waals surface area contributed by atoms with Gasteiger partial charge in [0.05, 0.1) is 6.10 Å². The number of piperidine rings is 2. The van der Waals surface area contributed by atoms with Crippen molar-refractivity contribution in [1.82, 2.24) is 10.2 Å². The molecule has 2 amide bonds. The van der Waals surface area contributed by atoms with Gasteiger partial charge in [0.25, 0.3) is 0 Å². The lowest BCUT2D eigenvalue weighted by Gasteiger charge is -2.37. The fourth-order valence-corrected chi connectivity index (χ4v) is 3.68. The molecule has 2 aliphatic rings. The van der Waals surface area contributed by atoms with Gasteiger partial charge < -0.3 is 19.9 Å². The molecule has 1 aromatic carbocycles. The van der Waals surface area contributed by atoms with Gasteiger partial charge in [-0.15, -0.1) is 0 Å². The summed E-state index contributed by atoms with van der Waals surface area (Å²) in [5.41, 5.74) is 1.28. The molecular weight excluding hydrogens is 302 g/mol. The maximum atomic E-state index is 12.5. The van der Waals surface area contributed by atoms with Crippen molar-refractivity contribution in [2.24, 2.45) is 0 Å². The minimum absolute atomic E-state index is 0.0811. The molecule has 0 saturated carbocycles. The molecule has 3 rings (SSSR count). The Bertz CT molecular complexity index is 513. The van der Waals surface area contributed by atoms with E-state index >= 15 is 0 Å². The Labute approximate surface area is 145 Å². The topological polar surface area (TPSA) is 44.8 Å². The standard InChI is InChI=1S/C19H29N3O2/c1-2-24-18-9-6-12-22(15-18)19(23)20-16-10-13-21(14-11-16)17-7-4-3-5-8-17/h3-5,7-8,16,18H,2,6,9-15H2,1H3,(H,20,23). The first kappa shape index (κ1) is 17.1. The van der Waals surface area contributed by atoms with E-state index in [1.807, 2.05) is 17.9 Å². The molecule has 0 spiro atoms. The summed E-state index contributed by atoms with van der Waals surface area (Å²) < 4.78 is 5.69. The van der Waals surface area contributed by atoms with E-state index in [1.54, 1.807) is 0 Å². The van der Waals surface area contributed by atoms with Gasteiger partial charge >= 0.3 is 6.03 Å². The number of carbonyl (C=O) groups is 1. The Hall–Kier alpha value is -1.75. The number of hydrogen-bond donors (Lipinski definition) is 1. The van der Waals surface area contributed by atoms with Crippen molar-refractivity contribution in [3.8, 4) is 0 Å². The van der Waals surface area contributed by atoms with Gasteiger partial charge in [0.2, 0.25) is 0 Å². The SMILES string of the molecule is CCOC1CCCN(C(=O)NC2CCN(c3ccccc3)CC2)C1. The molecule has 24 heavy (non-hydrogen) atoms. The summed E-state index contributed by atoms with van der Waals surface area (Å²) in [5.74, 6) is 0. The zero-order chi connectivity index (χ0) is 16.8. The fraction of sp³-hybridized carbons (Fsp3) is 0.632. The normalized spacial score (nSPS) is 22.5. The Balaban J connectivity index is 1.45. The maximum absolute atomic E-state index is 12.5. The molecule has 2 aliphatic heterocycles. The van der Waals surface area contributed by atoms with Crippen molar-refractivity contribution in [2.75, 3.05) is 37.7 Å². The van der Waals surface area contributed by atoms with Crippen LogP contribution in [0.4, 0.5) is 10.5 Å². The number of likely N-dealkylation sites (tertiary alicyclic amines) is 1. The monoisotopic (exact) mass is 331 g/mol. The van der Waals surface area contributed by atoms with E-state index in [0.29, 0.717) is 0 Å². The predicted octanol–water partition coefficient (Wildman–Crippen LogP) is 2.87. The highest BCUT2D eigenvalue weighted by Crippen LogP contribution is 2.20. The molecule has 132 valence electrons. The quantitative estimate of drug-likeness (QED) is 0.923. The van der Waals surface area contributed by atoms with E-state index in [1.165, 1.54) is 5.69 Å². The van der Waals surface area contributed by atoms with Gasteiger partial charge in [-0.3, -0.25) is 0 Å². The molecule has 5 nitrogen and oxygen atoms in total. The second-order valence-electron chi connectivity index (χ2n) is 6.71. The first-order valence-electron chi connectivity index (χ1n) is 9.23.